The number of ether oxygens (including phenoxy) is 1. The minimum absolute atomic E-state index is 0.0240. The summed E-state index contributed by atoms with van der Waals surface area (Å²) in [6.07, 6.45) is -0.633. The zero-order valence-electron chi connectivity index (χ0n) is 11.3. The van der Waals surface area contributed by atoms with E-state index in [1.54, 1.807) is 13.8 Å². The quantitative estimate of drug-likeness (QED) is 0.827. The van der Waals surface area contributed by atoms with Gasteiger partial charge in [-0.25, -0.2) is 4.79 Å². The Kier molecular flexibility index (Phi) is 3.77. The molecule has 0 bridgehead atoms. The van der Waals surface area contributed by atoms with Crippen LogP contribution in [0.25, 0.3) is 0 Å². The lowest BCUT2D eigenvalue weighted by Crippen LogP contribution is -2.45. The fourth-order valence-corrected chi connectivity index (χ4v) is 2.35. The standard InChI is InChI=1S/C13H15N3O4/c1-7-10(8(2)15-11(7)13(18)19)12(17)16-3-4-20-9(5-14)6-16/h9,15H,3-4,6H2,1-2H3,(H,18,19). The SMILES string of the molecule is Cc1[nH]c(C(=O)O)c(C)c1C(=O)N1CCOC(C#N)C1. The second-order valence-electron chi connectivity index (χ2n) is 4.67. The number of hydrogen-bond acceptors (Lipinski definition) is 4. The number of nitriles is 1. The maximum atomic E-state index is 12.5. The highest BCUT2D eigenvalue weighted by atomic mass is 16.5. The van der Waals surface area contributed by atoms with Gasteiger partial charge in [-0.05, 0) is 19.4 Å². The van der Waals surface area contributed by atoms with Crippen LogP contribution < -0.4 is 0 Å². The normalized spacial score (nSPS) is 18.6. The van der Waals surface area contributed by atoms with Gasteiger partial charge < -0.3 is 19.7 Å². The third-order valence-electron chi connectivity index (χ3n) is 3.36. The molecule has 106 valence electrons. The third kappa shape index (κ3) is 2.38. The Labute approximate surface area is 115 Å². The summed E-state index contributed by atoms with van der Waals surface area (Å²) in [4.78, 5) is 27.8. The maximum Gasteiger partial charge on any atom is 0.352 e. The van der Waals surface area contributed by atoms with Crippen molar-refractivity contribution in [3.05, 3.63) is 22.5 Å². The van der Waals surface area contributed by atoms with Gasteiger partial charge in [0.05, 0.1) is 24.8 Å². The van der Waals surface area contributed by atoms with Gasteiger partial charge in [-0.15, -0.1) is 0 Å². The van der Waals surface area contributed by atoms with Crippen LogP contribution in [0.2, 0.25) is 0 Å². The van der Waals surface area contributed by atoms with Crippen molar-refractivity contribution in [2.75, 3.05) is 19.7 Å². The van der Waals surface area contributed by atoms with E-state index in [4.69, 9.17) is 15.1 Å². The molecule has 1 unspecified atom stereocenters. The number of carbonyl (C=O) groups is 2. The topological polar surface area (TPSA) is 106 Å². The number of carbonyl (C=O) groups excluding carboxylic acids is 1. The first-order valence-corrected chi connectivity index (χ1v) is 6.18. The van der Waals surface area contributed by atoms with E-state index in [2.05, 4.69) is 4.98 Å². The molecule has 1 aromatic heterocycles. The van der Waals surface area contributed by atoms with Crippen molar-refractivity contribution >= 4 is 11.9 Å². The number of nitrogens with one attached hydrogen (secondary N) is 1. The van der Waals surface area contributed by atoms with Gasteiger partial charge in [0.2, 0.25) is 0 Å². The van der Waals surface area contributed by atoms with Crippen LogP contribution in [0, 0.1) is 25.2 Å². The van der Waals surface area contributed by atoms with Crippen molar-refractivity contribution in [3.8, 4) is 6.07 Å². The molecule has 1 aromatic rings. The van der Waals surface area contributed by atoms with E-state index in [0.29, 0.717) is 30.0 Å². The number of aryl methyl sites for hydroxylation is 1. The number of aromatic carboxylic acids is 1. The molecule has 0 aliphatic carbocycles. The predicted molar refractivity (Wildman–Crippen MR) is 68.5 cm³/mol. The first-order valence-electron chi connectivity index (χ1n) is 6.18. The number of aromatic amines is 1. The van der Waals surface area contributed by atoms with Crippen LogP contribution in [0.4, 0.5) is 0 Å². The van der Waals surface area contributed by atoms with Crippen LogP contribution in [0.3, 0.4) is 0 Å². The Morgan fingerprint density at radius 1 is 1.50 bits per heavy atom. The number of hydrogen-bond donors (Lipinski definition) is 2. The van der Waals surface area contributed by atoms with Crippen molar-refractivity contribution in [2.45, 2.75) is 20.0 Å². The van der Waals surface area contributed by atoms with Gasteiger partial charge >= 0.3 is 5.97 Å². The van der Waals surface area contributed by atoms with Crippen LogP contribution in [0.1, 0.15) is 32.1 Å². The molecule has 1 amide bonds. The summed E-state index contributed by atoms with van der Waals surface area (Å²) in [5.74, 6) is -1.37. The van der Waals surface area contributed by atoms with Crippen LogP contribution in [0.15, 0.2) is 0 Å². The first kappa shape index (κ1) is 14.1. The summed E-state index contributed by atoms with van der Waals surface area (Å²) in [6, 6.07) is 1.97. The van der Waals surface area contributed by atoms with Crippen molar-refractivity contribution in [1.82, 2.24) is 9.88 Å². The zero-order chi connectivity index (χ0) is 14.9. The molecule has 1 aliphatic rings. The molecule has 7 nitrogen and oxygen atoms in total. The molecule has 0 spiro atoms. The Hall–Kier alpha value is -2.33. The number of morpholine rings is 1. The molecular weight excluding hydrogens is 262 g/mol. The Morgan fingerprint density at radius 3 is 2.75 bits per heavy atom. The average Bonchev–Trinajstić information content (AvgIpc) is 2.73. The van der Waals surface area contributed by atoms with Gasteiger partial charge in [-0.1, -0.05) is 0 Å². The zero-order valence-corrected chi connectivity index (χ0v) is 11.3. The molecule has 2 heterocycles. The summed E-state index contributed by atoms with van der Waals surface area (Å²) in [5.41, 5.74) is 1.32. The smallest absolute Gasteiger partial charge is 0.352 e. The van der Waals surface area contributed by atoms with Crippen LogP contribution in [0.5, 0.6) is 0 Å². The van der Waals surface area contributed by atoms with E-state index >= 15 is 0 Å². The number of nitrogens with zero attached hydrogens (tertiary/aromatic N) is 2. The van der Waals surface area contributed by atoms with Crippen LogP contribution in [-0.2, 0) is 4.74 Å². The van der Waals surface area contributed by atoms with Crippen molar-refractivity contribution in [3.63, 3.8) is 0 Å². The third-order valence-corrected chi connectivity index (χ3v) is 3.36. The number of carboxylic acid groups (broad SMARTS) is 1. The summed E-state index contributed by atoms with van der Waals surface area (Å²) in [6.45, 7) is 4.15. The summed E-state index contributed by atoms with van der Waals surface area (Å²) in [7, 11) is 0. The molecular formula is C13H15N3O4. The monoisotopic (exact) mass is 277 g/mol. The lowest BCUT2D eigenvalue weighted by atomic mass is 10.1. The molecule has 7 heteroatoms. The molecule has 1 saturated heterocycles. The second-order valence-corrected chi connectivity index (χ2v) is 4.67. The number of rotatable bonds is 2. The minimum Gasteiger partial charge on any atom is -0.477 e. The van der Waals surface area contributed by atoms with Crippen molar-refractivity contribution < 1.29 is 19.4 Å². The van der Waals surface area contributed by atoms with E-state index in [-0.39, 0.29) is 18.1 Å². The number of aromatic nitrogens is 1. The van der Waals surface area contributed by atoms with Crippen molar-refractivity contribution in [2.24, 2.45) is 0 Å². The lowest BCUT2D eigenvalue weighted by Gasteiger charge is -2.30. The van der Waals surface area contributed by atoms with E-state index in [0.717, 1.165) is 0 Å². The Balaban J connectivity index is 2.30. The van der Waals surface area contributed by atoms with Crippen LogP contribution >= 0.6 is 0 Å². The predicted octanol–water partition coefficient (Wildman–Crippen LogP) is 0.694. The van der Waals surface area contributed by atoms with Gasteiger partial charge in [0.15, 0.2) is 6.10 Å². The largest absolute Gasteiger partial charge is 0.477 e. The lowest BCUT2D eigenvalue weighted by molar-refractivity contribution is 0.00340. The minimum atomic E-state index is -1.10. The first-order chi connectivity index (χ1) is 9.45. The van der Waals surface area contributed by atoms with E-state index in [9.17, 15) is 9.59 Å². The average molecular weight is 277 g/mol. The molecule has 0 aromatic carbocycles. The van der Waals surface area contributed by atoms with Gasteiger partial charge in [0.25, 0.3) is 5.91 Å². The van der Waals surface area contributed by atoms with E-state index in [1.165, 1.54) is 4.90 Å². The van der Waals surface area contributed by atoms with Crippen molar-refractivity contribution in [1.29, 1.82) is 5.26 Å². The van der Waals surface area contributed by atoms with Crippen LogP contribution in [-0.4, -0.2) is 52.7 Å². The highest BCUT2D eigenvalue weighted by Gasteiger charge is 2.29. The molecule has 1 aliphatic heterocycles. The van der Waals surface area contributed by atoms with Gasteiger partial charge in [0.1, 0.15) is 5.69 Å². The number of H-pyrrole nitrogens is 1. The molecule has 0 radical (unpaired) electrons. The summed E-state index contributed by atoms with van der Waals surface area (Å²) >= 11 is 0. The number of carboxylic acids is 1. The summed E-state index contributed by atoms with van der Waals surface area (Å²) < 4.78 is 5.19. The fourth-order valence-electron chi connectivity index (χ4n) is 2.35. The maximum absolute atomic E-state index is 12.5. The fraction of sp³-hybridized carbons (Fsp3) is 0.462. The molecule has 2 rings (SSSR count). The Morgan fingerprint density at radius 2 is 2.20 bits per heavy atom. The molecule has 1 fully saturated rings. The Bertz CT molecular complexity index is 599. The highest BCUT2D eigenvalue weighted by Crippen LogP contribution is 2.21. The number of amides is 1. The molecule has 1 atom stereocenters. The second kappa shape index (κ2) is 5.35. The highest BCUT2D eigenvalue weighted by molar-refractivity contribution is 6.00. The molecule has 0 saturated carbocycles. The van der Waals surface area contributed by atoms with E-state index in [1.807, 2.05) is 6.07 Å². The summed E-state index contributed by atoms with van der Waals surface area (Å²) in [5, 5.41) is 17.9. The van der Waals surface area contributed by atoms with Gasteiger partial charge in [-0.2, -0.15) is 5.26 Å². The molecule has 2 N–H and O–H groups in total. The van der Waals surface area contributed by atoms with Gasteiger partial charge in [0, 0.05) is 12.2 Å². The van der Waals surface area contributed by atoms with E-state index < -0.39 is 12.1 Å². The molecule has 20 heavy (non-hydrogen) atoms. The van der Waals surface area contributed by atoms with Gasteiger partial charge in [-0.3, -0.25) is 4.79 Å².